The molecular weight excluding hydrogens is 527 g/mol. The number of hydrogen-bond acceptors (Lipinski definition) is 7. The smallest absolute Gasteiger partial charge is 0.237 e. The maximum Gasteiger partial charge on any atom is 0.237 e. The second kappa shape index (κ2) is 16.4. The highest BCUT2D eigenvalue weighted by Crippen LogP contribution is 2.31. The summed E-state index contributed by atoms with van der Waals surface area (Å²) in [6.45, 7) is 11.0. The molecule has 1 aliphatic rings. The molecule has 8 nitrogen and oxygen atoms in total. The number of oxime groups is 1. The van der Waals surface area contributed by atoms with Crippen LogP contribution in [-0.2, 0) is 19.2 Å². The molecule has 0 aliphatic carbocycles. The molecule has 0 bridgehead atoms. The number of nitrogens with zero attached hydrogens (tertiary/aromatic N) is 2. The van der Waals surface area contributed by atoms with Crippen LogP contribution in [0.3, 0.4) is 0 Å². The van der Waals surface area contributed by atoms with Gasteiger partial charge in [-0.3, -0.25) is 14.4 Å². The minimum absolute atomic E-state index is 0.0436. The van der Waals surface area contributed by atoms with Crippen LogP contribution >= 0.6 is 0 Å². The average molecular weight is 575 g/mol. The number of methoxy groups -OCH3 is 1. The number of allylic oxidation sites excluding steroid dienone is 1. The molecule has 1 amide bonds. The first-order chi connectivity index (χ1) is 19.4. The zero-order valence-corrected chi connectivity index (χ0v) is 25.6. The number of aliphatic hydroxyl groups excluding tert-OH is 1. The number of Topliss-reactive ketones (excluding diaryl/α,β-unsaturated/α-hetero) is 2. The molecule has 0 spiro atoms. The number of carbonyl (C=O) groups excluding carboxylic acids is 3. The number of benzene rings is 1. The van der Waals surface area contributed by atoms with Gasteiger partial charge in [0.25, 0.3) is 0 Å². The van der Waals surface area contributed by atoms with E-state index in [0.717, 1.165) is 25.7 Å². The van der Waals surface area contributed by atoms with Crippen molar-refractivity contribution in [2.24, 2.45) is 22.9 Å². The van der Waals surface area contributed by atoms with Gasteiger partial charge >= 0.3 is 0 Å². The Kier molecular flexibility index (Phi) is 13.6. The van der Waals surface area contributed by atoms with Crippen LogP contribution in [0.4, 0.5) is 4.39 Å². The number of ketones is 2. The van der Waals surface area contributed by atoms with Gasteiger partial charge in [0.2, 0.25) is 5.91 Å². The fourth-order valence-corrected chi connectivity index (χ4v) is 4.95. The number of amides is 1. The molecule has 3 atom stereocenters. The molecule has 0 saturated carbocycles. The summed E-state index contributed by atoms with van der Waals surface area (Å²) in [5.41, 5.74) is 0.789. The lowest BCUT2D eigenvalue weighted by molar-refractivity contribution is -0.140. The Labute approximate surface area is 244 Å². The van der Waals surface area contributed by atoms with Crippen molar-refractivity contribution >= 4 is 23.2 Å². The lowest BCUT2D eigenvalue weighted by Crippen LogP contribution is -2.44. The van der Waals surface area contributed by atoms with E-state index in [1.54, 1.807) is 6.92 Å². The standard InChI is InChI=1S/C32H47FN2O6/c1-8-23(12-10-14-28(36)20(2)3)11-9-13-25-31(38)27(22(6)34-41-21(4)5)18-35(32(25)39)19-29(37)26-17-24(33)15-16-30(26)40-7/h15-18,20-21,23,25,29,37H,8-14,19H2,1-7H3/b34-22+/t23-,25?,29?/m0/s1. The van der Waals surface area contributed by atoms with Gasteiger partial charge in [-0.25, -0.2) is 4.39 Å². The van der Waals surface area contributed by atoms with Gasteiger partial charge in [-0.2, -0.15) is 0 Å². The largest absolute Gasteiger partial charge is 0.496 e. The van der Waals surface area contributed by atoms with Crippen molar-refractivity contribution in [1.29, 1.82) is 0 Å². The van der Waals surface area contributed by atoms with E-state index in [9.17, 15) is 23.9 Å². The highest BCUT2D eigenvalue weighted by molar-refractivity contribution is 6.27. The highest BCUT2D eigenvalue weighted by Gasteiger charge is 2.38. The molecule has 1 aromatic rings. The molecule has 1 aromatic carbocycles. The molecule has 0 aromatic heterocycles. The second-order valence-electron chi connectivity index (χ2n) is 11.4. The molecule has 0 radical (unpaired) electrons. The normalized spacial score (nSPS) is 17.6. The van der Waals surface area contributed by atoms with Crippen LogP contribution in [-0.4, -0.2) is 53.0 Å². The topological polar surface area (TPSA) is 106 Å². The van der Waals surface area contributed by atoms with Gasteiger partial charge in [0, 0.05) is 24.1 Å². The molecule has 41 heavy (non-hydrogen) atoms. The number of aliphatic hydroxyl groups is 1. The van der Waals surface area contributed by atoms with E-state index in [0.29, 0.717) is 36.6 Å². The van der Waals surface area contributed by atoms with E-state index in [1.165, 1.54) is 36.4 Å². The first kappa shape index (κ1) is 34.1. The fourth-order valence-electron chi connectivity index (χ4n) is 4.95. The Balaban J connectivity index is 2.21. The van der Waals surface area contributed by atoms with Crippen molar-refractivity contribution < 1.29 is 33.5 Å². The van der Waals surface area contributed by atoms with Crippen molar-refractivity contribution in [3.05, 3.63) is 41.4 Å². The van der Waals surface area contributed by atoms with Crippen LogP contribution in [0, 0.1) is 23.6 Å². The zero-order valence-electron chi connectivity index (χ0n) is 25.6. The van der Waals surface area contributed by atoms with E-state index in [1.807, 2.05) is 27.7 Å². The predicted octanol–water partition coefficient (Wildman–Crippen LogP) is 6.17. The lowest BCUT2D eigenvalue weighted by atomic mass is 9.85. The van der Waals surface area contributed by atoms with Crippen LogP contribution in [0.25, 0.3) is 0 Å². The summed E-state index contributed by atoms with van der Waals surface area (Å²) < 4.78 is 19.2. The fraction of sp³-hybridized carbons (Fsp3) is 0.625. The van der Waals surface area contributed by atoms with Gasteiger partial charge in [0.15, 0.2) is 5.78 Å². The van der Waals surface area contributed by atoms with Gasteiger partial charge in [-0.15, -0.1) is 0 Å². The number of β-amino-alcohol motifs (C(OH)–C–C–N with tert-alkyl or cyclic N) is 1. The molecule has 2 rings (SSSR count). The van der Waals surface area contributed by atoms with Gasteiger partial charge in [0.1, 0.15) is 35.5 Å². The third-order valence-electron chi connectivity index (χ3n) is 7.52. The van der Waals surface area contributed by atoms with Crippen molar-refractivity contribution in [3.63, 3.8) is 0 Å². The monoisotopic (exact) mass is 574 g/mol. The van der Waals surface area contributed by atoms with Gasteiger partial charge in [-0.05, 0) is 57.7 Å². The molecule has 2 unspecified atom stereocenters. The van der Waals surface area contributed by atoms with Crippen LogP contribution in [0.15, 0.2) is 35.1 Å². The van der Waals surface area contributed by atoms with E-state index in [2.05, 4.69) is 12.1 Å². The maximum absolute atomic E-state index is 14.0. The van der Waals surface area contributed by atoms with Crippen molar-refractivity contribution in [1.82, 2.24) is 4.90 Å². The number of hydrogen-bond donors (Lipinski definition) is 1. The minimum Gasteiger partial charge on any atom is -0.496 e. The summed E-state index contributed by atoms with van der Waals surface area (Å²) in [6.07, 6.45) is 5.12. The van der Waals surface area contributed by atoms with Gasteiger partial charge in [0.05, 0.1) is 24.9 Å². The SMILES string of the molecule is CC[C@H](CCCC(=O)C(C)C)CCCC1C(=O)C(/C(C)=N/OC(C)C)=CN(CC(O)c2cc(F)ccc2OC)C1=O. The number of rotatable bonds is 17. The minimum atomic E-state index is -1.25. The van der Waals surface area contributed by atoms with Gasteiger partial charge < -0.3 is 19.6 Å². The third-order valence-corrected chi connectivity index (χ3v) is 7.52. The van der Waals surface area contributed by atoms with Crippen LogP contribution in [0.5, 0.6) is 5.75 Å². The Bertz CT molecular complexity index is 1110. The van der Waals surface area contributed by atoms with Crippen LogP contribution < -0.4 is 4.74 Å². The predicted molar refractivity (Wildman–Crippen MR) is 157 cm³/mol. The quantitative estimate of drug-likeness (QED) is 0.135. The summed E-state index contributed by atoms with van der Waals surface area (Å²) in [6, 6.07) is 3.82. The number of ether oxygens (including phenoxy) is 1. The molecule has 9 heteroatoms. The molecule has 1 aliphatic heterocycles. The van der Waals surface area contributed by atoms with Crippen LogP contribution in [0.2, 0.25) is 0 Å². The summed E-state index contributed by atoms with van der Waals surface area (Å²) in [5, 5.41) is 15.1. The van der Waals surface area contributed by atoms with E-state index < -0.39 is 23.7 Å². The Morgan fingerprint density at radius 2 is 1.83 bits per heavy atom. The molecule has 1 heterocycles. The highest BCUT2D eigenvalue weighted by atomic mass is 19.1. The van der Waals surface area contributed by atoms with Crippen molar-refractivity contribution in [2.45, 2.75) is 98.7 Å². The summed E-state index contributed by atoms with van der Waals surface area (Å²) >= 11 is 0. The van der Waals surface area contributed by atoms with E-state index in [4.69, 9.17) is 9.57 Å². The molecule has 228 valence electrons. The maximum atomic E-state index is 14.0. The lowest BCUT2D eigenvalue weighted by Gasteiger charge is -2.31. The van der Waals surface area contributed by atoms with E-state index in [-0.39, 0.29) is 41.3 Å². The van der Waals surface area contributed by atoms with E-state index >= 15 is 0 Å². The van der Waals surface area contributed by atoms with Crippen molar-refractivity contribution in [2.75, 3.05) is 13.7 Å². The van der Waals surface area contributed by atoms with Crippen LogP contribution in [0.1, 0.15) is 98.2 Å². The van der Waals surface area contributed by atoms with Gasteiger partial charge in [-0.1, -0.05) is 51.6 Å². The first-order valence-corrected chi connectivity index (χ1v) is 14.7. The Morgan fingerprint density at radius 1 is 1.15 bits per heavy atom. The zero-order chi connectivity index (χ0) is 30.7. The first-order valence-electron chi connectivity index (χ1n) is 14.7. The molecule has 0 saturated heterocycles. The number of carbonyl (C=O) groups is 3. The van der Waals surface area contributed by atoms with Crippen molar-refractivity contribution in [3.8, 4) is 5.75 Å². The summed E-state index contributed by atoms with van der Waals surface area (Å²) in [5.74, 6) is -1.20. The third kappa shape index (κ3) is 10.1. The number of halogens is 1. The average Bonchev–Trinajstić information content (AvgIpc) is 2.93. The Morgan fingerprint density at radius 3 is 2.44 bits per heavy atom. The second-order valence-corrected chi connectivity index (χ2v) is 11.4. The molecule has 0 fully saturated rings. The molecule has 1 N–H and O–H groups in total. The molecular formula is C32H47FN2O6. The Hall–Kier alpha value is -3.07. The summed E-state index contributed by atoms with van der Waals surface area (Å²) in [4.78, 5) is 45.7. The summed E-state index contributed by atoms with van der Waals surface area (Å²) in [7, 11) is 1.42.